The summed E-state index contributed by atoms with van der Waals surface area (Å²) in [5.74, 6) is -0.467. The molecule has 0 atom stereocenters. The van der Waals surface area contributed by atoms with Crippen LogP contribution in [0, 0.1) is 0 Å². The lowest BCUT2D eigenvalue weighted by Crippen LogP contribution is -2.50. The highest BCUT2D eigenvalue weighted by Crippen LogP contribution is 2.17. The predicted molar refractivity (Wildman–Crippen MR) is 103 cm³/mol. The average molecular weight is 368 g/mol. The van der Waals surface area contributed by atoms with Crippen LogP contribution in [0.5, 0.6) is 0 Å². The smallest absolute Gasteiger partial charge is 0.339 e. The van der Waals surface area contributed by atoms with Gasteiger partial charge in [-0.2, -0.15) is 0 Å². The van der Waals surface area contributed by atoms with Gasteiger partial charge < -0.3 is 15.0 Å². The van der Waals surface area contributed by atoms with Crippen LogP contribution in [0.4, 0.5) is 10.5 Å². The number of piperazine rings is 1. The number of anilines is 1. The number of carbonyl (C=O) groups is 2. The molecule has 0 unspecified atom stereocenters. The van der Waals surface area contributed by atoms with Gasteiger partial charge in [0, 0.05) is 51.0 Å². The Balaban J connectivity index is 1.50. The standard InChI is InChI=1S/C20H24N4O3/c1-27-19(25)17-7-2-3-8-18(17)22-20(26)24-14-12-23(13-15-24)11-9-16-6-4-5-10-21-16/h2-8,10H,9,11-15H2,1H3,(H,22,26). The summed E-state index contributed by atoms with van der Waals surface area (Å²) in [5, 5.41) is 2.83. The lowest BCUT2D eigenvalue weighted by Gasteiger charge is -2.34. The maximum atomic E-state index is 12.6. The van der Waals surface area contributed by atoms with Crippen LogP contribution in [0.2, 0.25) is 0 Å². The summed E-state index contributed by atoms with van der Waals surface area (Å²) in [6.45, 7) is 3.86. The van der Waals surface area contributed by atoms with Crippen LogP contribution >= 0.6 is 0 Å². The predicted octanol–water partition coefficient (Wildman–Crippen LogP) is 2.26. The van der Waals surface area contributed by atoms with Crippen LogP contribution < -0.4 is 5.32 Å². The van der Waals surface area contributed by atoms with E-state index in [1.807, 2.05) is 24.4 Å². The van der Waals surface area contributed by atoms with Crippen molar-refractivity contribution >= 4 is 17.7 Å². The maximum Gasteiger partial charge on any atom is 0.339 e. The zero-order valence-corrected chi connectivity index (χ0v) is 15.4. The Morgan fingerprint density at radius 1 is 1.07 bits per heavy atom. The van der Waals surface area contributed by atoms with Gasteiger partial charge in [0.25, 0.3) is 0 Å². The molecule has 2 amide bonds. The fourth-order valence-corrected chi connectivity index (χ4v) is 3.07. The Morgan fingerprint density at radius 3 is 2.52 bits per heavy atom. The van der Waals surface area contributed by atoms with Crippen LogP contribution in [0.1, 0.15) is 16.1 Å². The minimum atomic E-state index is -0.467. The van der Waals surface area contributed by atoms with Gasteiger partial charge in [0.2, 0.25) is 0 Å². The fourth-order valence-electron chi connectivity index (χ4n) is 3.07. The average Bonchev–Trinajstić information content (AvgIpc) is 2.73. The first-order chi connectivity index (χ1) is 13.2. The molecule has 0 spiro atoms. The zero-order chi connectivity index (χ0) is 19.1. The number of hydrogen-bond acceptors (Lipinski definition) is 5. The molecule has 1 aromatic carbocycles. The van der Waals surface area contributed by atoms with Crippen molar-refractivity contribution in [3.05, 3.63) is 59.9 Å². The molecule has 1 aromatic heterocycles. The van der Waals surface area contributed by atoms with Gasteiger partial charge in [-0.15, -0.1) is 0 Å². The maximum absolute atomic E-state index is 12.6. The highest BCUT2D eigenvalue weighted by Gasteiger charge is 2.22. The number of nitrogens with zero attached hydrogens (tertiary/aromatic N) is 3. The number of urea groups is 1. The van der Waals surface area contributed by atoms with Crippen molar-refractivity contribution in [3.63, 3.8) is 0 Å². The van der Waals surface area contributed by atoms with E-state index >= 15 is 0 Å². The third kappa shape index (κ3) is 5.04. The SMILES string of the molecule is COC(=O)c1ccccc1NC(=O)N1CCN(CCc2ccccn2)CC1. The Hall–Kier alpha value is -2.93. The van der Waals surface area contributed by atoms with Gasteiger partial charge in [-0.1, -0.05) is 18.2 Å². The summed E-state index contributed by atoms with van der Waals surface area (Å²) in [7, 11) is 1.32. The van der Waals surface area contributed by atoms with Crippen LogP contribution in [0.15, 0.2) is 48.7 Å². The number of rotatable bonds is 5. The van der Waals surface area contributed by atoms with Crippen molar-refractivity contribution < 1.29 is 14.3 Å². The number of benzene rings is 1. The molecule has 0 aliphatic carbocycles. The van der Waals surface area contributed by atoms with E-state index in [-0.39, 0.29) is 6.03 Å². The van der Waals surface area contributed by atoms with Crippen LogP contribution in [0.3, 0.4) is 0 Å². The first kappa shape index (κ1) is 18.8. The molecule has 2 heterocycles. The number of pyridine rings is 1. The van der Waals surface area contributed by atoms with E-state index in [4.69, 9.17) is 4.74 Å². The third-order valence-electron chi connectivity index (χ3n) is 4.64. The number of para-hydroxylation sites is 1. The first-order valence-corrected chi connectivity index (χ1v) is 9.03. The molecular weight excluding hydrogens is 344 g/mol. The Labute approximate surface area is 158 Å². The molecule has 7 heteroatoms. The second-order valence-electron chi connectivity index (χ2n) is 6.37. The summed E-state index contributed by atoms with van der Waals surface area (Å²) < 4.78 is 4.77. The zero-order valence-electron chi connectivity index (χ0n) is 15.4. The van der Waals surface area contributed by atoms with Crippen molar-refractivity contribution in [2.24, 2.45) is 0 Å². The molecular formula is C20H24N4O3. The number of aromatic nitrogens is 1. The normalized spacial score (nSPS) is 14.6. The summed E-state index contributed by atoms with van der Waals surface area (Å²) in [6, 6.07) is 12.6. The molecule has 1 fully saturated rings. The van der Waals surface area contributed by atoms with Crippen LogP contribution in [-0.4, -0.2) is 66.6 Å². The highest BCUT2D eigenvalue weighted by atomic mass is 16.5. The summed E-state index contributed by atoms with van der Waals surface area (Å²) in [6.07, 6.45) is 2.71. The number of nitrogens with one attached hydrogen (secondary N) is 1. The molecule has 1 saturated heterocycles. The molecule has 0 bridgehead atoms. The second kappa shape index (κ2) is 9.14. The third-order valence-corrected chi connectivity index (χ3v) is 4.64. The van der Waals surface area contributed by atoms with Crippen molar-refractivity contribution in [1.82, 2.24) is 14.8 Å². The van der Waals surface area contributed by atoms with Gasteiger partial charge in [-0.05, 0) is 24.3 Å². The van der Waals surface area contributed by atoms with Crippen LogP contribution in [0.25, 0.3) is 0 Å². The van der Waals surface area contributed by atoms with Crippen LogP contribution in [-0.2, 0) is 11.2 Å². The topological polar surface area (TPSA) is 74.8 Å². The molecule has 0 saturated carbocycles. The summed E-state index contributed by atoms with van der Waals surface area (Å²) in [4.78, 5) is 32.8. The Kier molecular flexibility index (Phi) is 6.38. The number of amides is 2. The Morgan fingerprint density at radius 2 is 1.81 bits per heavy atom. The van der Waals surface area contributed by atoms with Gasteiger partial charge in [-0.25, -0.2) is 9.59 Å². The molecule has 7 nitrogen and oxygen atoms in total. The van der Waals surface area contributed by atoms with Crippen molar-refractivity contribution in [3.8, 4) is 0 Å². The second-order valence-corrected chi connectivity index (χ2v) is 6.37. The molecule has 0 radical (unpaired) electrons. The minimum absolute atomic E-state index is 0.198. The fraction of sp³-hybridized carbons (Fsp3) is 0.350. The van der Waals surface area contributed by atoms with Gasteiger partial charge in [0.05, 0.1) is 18.4 Å². The molecule has 1 N–H and O–H groups in total. The van der Waals surface area contributed by atoms with E-state index < -0.39 is 5.97 Å². The van der Waals surface area contributed by atoms with E-state index in [9.17, 15) is 9.59 Å². The van der Waals surface area contributed by atoms with Crippen molar-refractivity contribution in [1.29, 1.82) is 0 Å². The quantitative estimate of drug-likeness (QED) is 0.820. The van der Waals surface area contributed by atoms with Crippen molar-refractivity contribution in [2.45, 2.75) is 6.42 Å². The summed E-state index contributed by atoms with van der Waals surface area (Å²) in [5.41, 5.74) is 1.89. The molecule has 142 valence electrons. The number of ether oxygens (including phenoxy) is 1. The summed E-state index contributed by atoms with van der Waals surface area (Å²) >= 11 is 0. The number of methoxy groups -OCH3 is 1. The molecule has 1 aliphatic rings. The molecule has 3 rings (SSSR count). The van der Waals surface area contributed by atoms with E-state index in [1.165, 1.54) is 7.11 Å². The highest BCUT2D eigenvalue weighted by molar-refractivity contribution is 6.00. The number of carbonyl (C=O) groups excluding carboxylic acids is 2. The van der Waals surface area contributed by atoms with Crippen molar-refractivity contribution in [2.75, 3.05) is 45.2 Å². The lowest BCUT2D eigenvalue weighted by atomic mass is 10.2. The van der Waals surface area contributed by atoms with E-state index in [2.05, 4.69) is 15.2 Å². The van der Waals surface area contributed by atoms with Gasteiger partial charge in [0.15, 0.2) is 0 Å². The first-order valence-electron chi connectivity index (χ1n) is 9.03. The van der Waals surface area contributed by atoms with E-state index in [0.717, 1.165) is 31.7 Å². The minimum Gasteiger partial charge on any atom is -0.465 e. The van der Waals surface area contributed by atoms with Gasteiger partial charge in [-0.3, -0.25) is 9.88 Å². The van der Waals surface area contributed by atoms with Gasteiger partial charge >= 0.3 is 12.0 Å². The molecule has 27 heavy (non-hydrogen) atoms. The Bertz CT molecular complexity index is 774. The van der Waals surface area contributed by atoms with E-state index in [1.54, 1.807) is 29.2 Å². The van der Waals surface area contributed by atoms with E-state index in [0.29, 0.717) is 24.3 Å². The van der Waals surface area contributed by atoms with Gasteiger partial charge in [0.1, 0.15) is 0 Å². The number of esters is 1. The number of hydrogen-bond donors (Lipinski definition) is 1. The monoisotopic (exact) mass is 368 g/mol. The molecule has 1 aliphatic heterocycles. The molecule has 2 aromatic rings. The lowest BCUT2D eigenvalue weighted by molar-refractivity contribution is 0.0602. The largest absolute Gasteiger partial charge is 0.465 e.